The SMILES string of the molecule is C=CC(=O)N1CC(c2nc(-c3ccc(NC(=O)c4cccc(-c5ccn[nH]5)n4)c(F)c3)no2)CC(F)(F)C1. The van der Waals surface area contributed by atoms with E-state index in [0.29, 0.717) is 11.4 Å². The van der Waals surface area contributed by atoms with Crippen LogP contribution in [0.2, 0.25) is 0 Å². The average Bonchev–Trinajstić information content (AvgIpc) is 3.61. The maximum absolute atomic E-state index is 14.9. The lowest BCUT2D eigenvalue weighted by molar-refractivity contribution is -0.138. The minimum atomic E-state index is -3.14. The number of rotatable bonds is 6. The fourth-order valence-corrected chi connectivity index (χ4v) is 4.13. The molecule has 1 saturated heterocycles. The van der Waals surface area contributed by atoms with Gasteiger partial charge in [0.05, 0.1) is 29.5 Å². The van der Waals surface area contributed by atoms with Crippen LogP contribution in [0.3, 0.4) is 0 Å². The quantitative estimate of drug-likeness (QED) is 0.365. The maximum atomic E-state index is 14.9. The molecule has 4 aromatic rings. The molecule has 0 bridgehead atoms. The second-order valence-corrected chi connectivity index (χ2v) is 8.66. The maximum Gasteiger partial charge on any atom is 0.274 e. The van der Waals surface area contributed by atoms with E-state index in [9.17, 15) is 22.8 Å². The first kappa shape index (κ1) is 24.9. The molecule has 0 spiro atoms. The number of nitrogens with one attached hydrogen (secondary N) is 2. The Labute approximate surface area is 213 Å². The van der Waals surface area contributed by atoms with Gasteiger partial charge in [-0.25, -0.2) is 18.2 Å². The van der Waals surface area contributed by atoms with Gasteiger partial charge >= 0.3 is 0 Å². The summed E-state index contributed by atoms with van der Waals surface area (Å²) in [5, 5.41) is 12.9. The zero-order valence-corrected chi connectivity index (χ0v) is 19.7. The number of aromatic amines is 1. The normalized spacial score (nSPS) is 16.7. The molecule has 194 valence electrons. The smallest absolute Gasteiger partial charge is 0.274 e. The van der Waals surface area contributed by atoms with Crippen LogP contribution in [-0.4, -0.2) is 61.0 Å². The van der Waals surface area contributed by atoms with Crippen molar-refractivity contribution in [3.63, 3.8) is 0 Å². The van der Waals surface area contributed by atoms with Crippen molar-refractivity contribution in [3.8, 4) is 22.8 Å². The van der Waals surface area contributed by atoms with Crippen molar-refractivity contribution >= 4 is 17.5 Å². The molecule has 0 radical (unpaired) electrons. The Morgan fingerprint density at radius 2 is 2.05 bits per heavy atom. The van der Waals surface area contributed by atoms with Gasteiger partial charge < -0.3 is 14.7 Å². The molecule has 1 atom stereocenters. The standard InChI is InChI=1S/C25H20F3N7O3/c1-2-21(36)35-12-15(11-25(27,28)13-35)24-32-22(34-38-24)14-6-7-17(16(26)10-14)31-23(37)20-5-3-4-18(30-20)19-8-9-29-33-19/h2-10,15H,1,11-13H2,(H,29,33)(H,31,37). The zero-order valence-electron chi connectivity index (χ0n) is 19.7. The molecule has 38 heavy (non-hydrogen) atoms. The van der Waals surface area contributed by atoms with Gasteiger partial charge in [0.25, 0.3) is 11.8 Å². The molecule has 2 N–H and O–H groups in total. The molecule has 3 aromatic heterocycles. The number of piperidine rings is 1. The van der Waals surface area contributed by atoms with Crippen LogP contribution in [0.5, 0.6) is 0 Å². The summed E-state index contributed by atoms with van der Waals surface area (Å²) in [6.07, 6.45) is 1.94. The Balaban J connectivity index is 1.31. The number of aromatic nitrogens is 5. The second kappa shape index (κ2) is 9.92. The number of nitrogens with zero attached hydrogens (tertiary/aromatic N) is 5. The number of alkyl halides is 2. The van der Waals surface area contributed by atoms with E-state index in [2.05, 4.69) is 37.2 Å². The summed E-state index contributed by atoms with van der Waals surface area (Å²) in [6, 6.07) is 10.4. The van der Waals surface area contributed by atoms with Crippen molar-refractivity contribution in [1.29, 1.82) is 0 Å². The first-order valence-corrected chi connectivity index (χ1v) is 11.4. The van der Waals surface area contributed by atoms with Gasteiger partial charge in [-0.1, -0.05) is 17.8 Å². The van der Waals surface area contributed by atoms with E-state index in [0.717, 1.165) is 17.0 Å². The van der Waals surface area contributed by atoms with E-state index in [1.807, 2.05) is 0 Å². The van der Waals surface area contributed by atoms with E-state index >= 15 is 0 Å². The lowest BCUT2D eigenvalue weighted by Gasteiger charge is -2.35. The minimum Gasteiger partial charge on any atom is -0.339 e. The molecule has 1 aliphatic rings. The van der Waals surface area contributed by atoms with Crippen molar-refractivity contribution in [1.82, 2.24) is 30.2 Å². The molecular weight excluding hydrogens is 503 g/mol. The number of likely N-dealkylation sites (tertiary alicyclic amines) is 1. The van der Waals surface area contributed by atoms with E-state index in [4.69, 9.17) is 4.52 Å². The molecule has 1 aliphatic heterocycles. The molecule has 13 heteroatoms. The van der Waals surface area contributed by atoms with Gasteiger partial charge in [0.1, 0.15) is 11.5 Å². The fraction of sp³-hybridized carbons (Fsp3) is 0.200. The van der Waals surface area contributed by atoms with E-state index in [1.165, 1.54) is 18.2 Å². The van der Waals surface area contributed by atoms with Crippen LogP contribution in [0.4, 0.5) is 18.9 Å². The van der Waals surface area contributed by atoms with Gasteiger partial charge in [0, 0.05) is 24.7 Å². The van der Waals surface area contributed by atoms with Crippen molar-refractivity contribution in [2.45, 2.75) is 18.3 Å². The summed E-state index contributed by atoms with van der Waals surface area (Å²) >= 11 is 0. The fourth-order valence-electron chi connectivity index (χ4n) is 4.13. The van der Waals surface area contributed by atoms with Gasteiger partial charge in [-0.2, -0.15) is 10.1 Å². The largest absolute Gasteiger partial charge is 0.339 e. The van der Waals surface area contributed by atoms with Gasteiger partial charge in [0.15, 0.2) is 0 Å². The molecule has 10 nitrogen and oxygen atoms in total. The van der Waals surface area contributed by atoms with Gasteiger partial charge in [-0.05, 0) is 42.5 Å². The summed E-state index contributed by atoms with van der Waals surface area (Å²) in [4.78, 5) is 34.0. The summed E-state index contributed by atoms with van der Waals surface area (Å²) in [5.41, 5.74) is 1.27. The first-order valence-electron chi connectivity index (χ1n) is 11.4. The molecule has 5 rings (SSSR count). The number of pyridine rings is 1. The molecule has 1 unspecified atom stereocenters. The van der Waals surface area contributed by atoms with Crippen molar-refractivity contribution in [2.24, 2.45) is 0 Å². The van der Waals surface area contributed by atoms with Crippen LogP contribution in [0.25, 0.3) is 22.8 Å². The molecular formula is C25H20F3N7O3. The number of carbonyl (C=O) groups excluding carboxylic acids is 2. The van der Waals surface area contributed by atoms with Gasteiger partial charge in [-0.15, -0.1) is 0 Å². The second-order valence-electron chi connectivity index (χ2n) is 8.66. The Morgan fingerprint density at radius 3 is 2.79 bits per heavy atom. The Morgan fingerprint density at radius 1 is 1.21 bits per heavy atom. The Hall–Kier alpha value is -4.81. The van der Waals surface area contributed by atoms with Crippen LogP contribution in [0.15, 0.2) is 65.8 Å². The highest BCUT2D eigenvalue weighted by molar-refractivity contribution is 6.03. The van der Waals surface area contributed by atoms with Crippen LogP contribution in [-0.2, 0) is 4.79 Å². The lowest BCUT2D eigenvalue weighted by Crippen LogP contribution is -2.48. The van der Waals surface area contributed by atoms with E-state index < -0.39 is 42.4 Å². The van der Waals surface area contributed by atoms with Gasteiger partial charge in [0.2, 0.25) is 17.6 Å². The van der Waals surface area contributed by atoms with Crippen LogP contribution >= 0.6 is 0 Å². The van der Waals surface area contributed by atoms with Crippen molar-refractivity contribution in [2.75, 3.05) is 18.4 Å². The number of H-pyrrole nitrogens is 1. The van der Waals surface area contributed by atoms with Crippen LogP contribution in [0, 0.1) is 5.82 Å². The Bertz CT molecular complexity index is 1500. The number of carbonyl (C=O) groups is 2. The third kappa shape index (κ3) is 5.16. The van der Waals surface area contributed by atoms with Crippen LogP contribution < -0.4 is 5.32 Å². The van der Waals surface area contributed by atoms with Crippen LogP contribution in [0.1, 0.15) is 28.7 Å². The minimum absolute atomic E-state index is 0.0267. The zero-order chi connectivity index (χ0) is 26.9. The number of hydrogen-bond acceptors (Lipinski definition) is 7. The predicted octanol–water partition coefficient (Wildman–Crippen LogP) is 4.05. The number of benzene rings is 1. The number of hydrogen-bond donors (Lipinski definition) is 2. The number of anilines is 1. The number of amides is 2. The molecule has 0 aliphatic carbocycles. The molecule has 2 amide bonds. The summed E-state index contributed by atoms with van der Waals surface area (Å²) < 4.78 is 48.5. The third-order valence-corrected chi connectivity index (χ3v) is 5.92. The Kier molecular flexibility index (Phi) is 6.49. The van der Waals surface area contributed by atoms with E-state index in [-0.39, 0.29) is 35.2 Å². The average molecular weight is 523 g/mol. The van der Waals surface area contributed by atoms with Crippen molar-refractivity contribution < 1.29 is 27.3 Å². The summed E-state index contributed by atoms with van der Waals surface area (Å²) in [7, 11) is 0. The highest BCUT2D eigenvalue weighted by Crippen LogP contribution is 2.36. The van der Waals surface area contributed by atoms with Crippen molar-refractivity contribution in [3.05, 3.63) is 78.7 Å². The molecule has 4 heterocycles. The third-order valence-electron chi connectivity index (χ3n) is 5.92. The number of halogens is 3. The summed E-state index contributed by atoms with van der Waals surface area (Å²) in [6.45, 7) is 2.56. The highest BCUT2D eigenvalue weighted by Gasteiger charge is 2.44. The summed E-state index contributed by atoms with van der Waals surface area (Å²) in [5.74, 6) is -6.21. The molecule has 1 aromatic carbocycles. The monoisotopic (exact) mass is 523 g/mol. The molecule has 1 fully saturated rings. The van der Waals surface area contributed by atoms with E-state index in [1.54, 1.807) is 24.4 Å². The predicted molar refractivity (Wildman–Crippen MR) is 129 cm³/mol. The first-order chi connectivity index (χ1) is 18.2. The van der Waals surface area contributed by atoms with Gasteiger partial charge in [-0.3, -0.25) is 14.7 Å². The molecule has 0 saturated carbocycles. The highest BCUT2D eigenvalue weighted by atomic mass is 19.3. The topological polar surface area (TPSA) is 130 Å². The lowest BCUT2D eigenvalue weighted by atomic mass is 9.95.